The molecular weight excluding hydrogens is 166 g/mol. The first-order valence-corrected chi connectivity index (χ1v) is 4.26. The van der Waals surface area contributed by atoms with Gasteiger partial charge < -0.3 is 9.72 Å². The van der Waals surface area contributed by atoms with E-state index in [0.717, 1.165) is 11.3 Å². The second kappa shape index (κ2) is 3.05. The van der Waals surface area contributed by atoms with E-state index in [1.54, 1.807) is 0 Å². The van der Waals surface area contributed by atoms with Crippen molar-refractivity contribution >= 4 is 11.2 Å². The number of H-pyrrole nitrogens is 1. The van der Waals surface area contributed by atoms with Crippen LogP contribution in [0.4, 0.5) is 0 Å². The number of aromatic nitrogens is 3. The highest BCUT2D eigenvalue weighted by Gasteiger charge is 2.01. The highest BCUT2D eigenvalue weighted by Crippen LogP contribution is 2.13. The minimum Gasteiger partial charge on any atom is -0.478 e. The molecule has 2 heterocycles. The van der Waals surface area contributed by atoms with Crippen LogP contribution in [0, 0.1) is 6.92 Å². The zero-order chi connectivity index (χ0) is 9.26. The summed E-state index contributed by atoms with van der Waals surface area (Å²) in [5.41, 5.74) is 1.66. The summed E-state index contributed by atoms with van der Waals surface area (Å²) in [6, 6.07) is 3.76. The summed E-state index contributed by atoms with van der Waals surface area (Å²) in [6.45, 7) is 4.46. The number of fused-ring (bicyclic) bond motifs is 1. The summed E-state index contributed by atoms with van der Waals surface area (Å²) >= 11 is 0. The Morgan fingerprint density at radius 1 is 1.38 bits per heavy atom. The lowest BCUT2D eigenvalue weighted by Gasteiger charge is -1.99. The fraction of sp³-hybridized carbons (Fsp3) is 0.333. The van der Waals surface area contributed by atoms with Crippen LogP contribution in [0.15, 0.2) is 12.1 Å². The molecule has 4 heteroatoms. The average molecular weight is 177 g/mol. The van der Waals surface area contributed by atoms with Crippen molar-refractivity contribution in [3.63, 3.8) is 0 Å². The second-order valence-corrected chi connectivity index (χ2v) is 2.78. The number of ether oxygens (including phenoxy) is 1. The molecule has 0 spiro atoms. The molecule has 0 aliphatic carbocycles. The Morgan fingerprint density at radius 2 is 2.23 bits per heavy atom. The number of hydrogen-bond donors (Lipinski definition) is 1. The molecule has 0 aromatic carbocycles. The number of rotatable bonds is 2. The molecule has 0 atom stereocenters. The van der Waals surface area contributed by atoms with Crippen LogP contribution in [0.5, 0.6) is 5.88 Å². The van der Waals surface area contributed by atoms with Gasteiger partial charge in [0.1, 0.15) is 5.82 Å². The maximum Gasteiger partial charge on any atom is 0.215 e. The van der Waals surface area contributed by atoms with Crippen LogP contribution in [0.25, 0.3) is 11.2 Å². The highest BCUT2D eigenvalue weighted by atomic mass is 16.5. The van der Waals surface area contributed by atoms with Gasteiger partial charge in [-0.1, -0.05) is 0 Å². The van der Waals surface area contributed by atoms with Crippen LogP contribution in [0.1, 0.15) is 12.7 Å². The molecule has 2 aromatic heterocycles. The topological polar surface area (TPSA) is 50.8 Å². The SMILES string of the molecule is CCOc1ccc2[nH]c(C)nc2n1. The normalized spacial score (nSPS) is 10.6. The van der Waals surface area contributed by atoms with Gasteiger partial charge in [-0.05, 0) is 19.9 Å². The molecule has 2 aromatic rings. The van der Waals surface area contributed by atoms with Gasteiger partial charge in [-0.3, -0.25) is 0 Å². The Balaban J connectivity index is 2.48. The fourth-order valence-electron chi connectivity index (χ4n) is 1.22. The predicted molar refractivity (Wildman–Crippen MR) is 49.8 cm³/mol. The maximum absolute atomic E-state index is 5.26. The van der Waals surface area contributed by atoms with Crippen molar-refractivity contribution in [3.8, 4) is 5.88 Å². The molecule has 0 radical (unpaired) electrons. The predicted octanol–water partition coefficient (Wildman–Crippen LogP) is 1.67. The fourth-order valence-corrected chi connectivity index (χ4v) is 1.22. The lowest BCUT2D eigenvalue weighted by atomic mass is 10.4. The first kappa shape index (κ1) is 8.04. The Hall–Kier alpha value is -1.58. The van der Waals surface area contributed by atoms with Crippen molar-refractivity contribution in [1.29, 1.82) is 0 Å². The van der Waals surface area contributed by atoms with E-state index in [4.69, 9.17) is 4.74 Å². The third-order valence-electron chi connectivity index (χ3n) is 1.73. The molecule has 13 heavy (non-hydrogen) atoms. The zero-order valence-electron chi connectivity index (χ0n) is 7.66. The van der Waals surface area contributed by atoms with Crippen molar-refractivity contribution in [2.24, 2.45) is 0 Å². The van der Waals surface area contributed by atoms with Gasteiger partial charge in [-0.2, -0.15) is 4.98 Å². The minimum absolute atomic E-state index is 0.626. The number of aryl methyl sites for hydroxylation is 1. The number of pyridine rings is 1. The monoisotopic (exact) mass is 177 g/mol. The second-order valence-electron chi connectivity index (χ2n) is 2.78. The summed E-state index contributed by atoms with van der Waals surface area (Å²) in [6.07, 6.45) is 0. The number of hydrogen-bond acceptors (Lipinski definition) is 3. The smallest absolute Gasteiger partial charge is 0.215 e. The number of aromatic amines is 1. The zero-order valence-corrected chi connectivity index (χ0v) is 7.66. The first-order chi connectivity index (χ1) is 6.29. The van der Waals surface area contributed by atoms with E-state index in [2.05, 4.69) is 15.0 Å². The third kappa shape index (κ3) is 1.47. The molecule has 0 aliphatic heterocycles. The van der Waals surface area contributed by atoms with E-state index in [-0.39, 0.29) is 0 Å². The van der Waals surface area contributed by atoms with Crippen LogP contribution in [-0.2, 0) is 0 Å². The molecule has 4 nitrogen and oxygen atoms in total. The van der Waals surface area contributed by atoms with E-state index >= 15 is 0 Å². The first-order valence-electron chi connectivity index (χ1n) is 4.26. The van der Waals surface area contributed by atoms with Gasteiger partial charge in [0.05, 0.1) is 12.1 Å². The largest absolute Gasteiger partial charge is 0.478 e. The summed E-state index contributed by atoms with van der Waals surface area (Å²) in [7, 11) is 0. The van der Waals surface area contributed by atoms with Gasteiger partial charge >= 0.3 is 0 Å². The van der Waals surface area contributed by atoms with Gasteiger partial charge in [-0.25, -0.2) is 4.98 Å². The van der Waals surface area contributed by atoms with Crippen LogP contribution in [0.3, 0.4) is 0 Å². The van der Waals surface area contributed by atoms with E-state index in [0.29, 0.717) is 18.1 Å². The molecule has 0 amide bonds. The van der Waals surface area contributed by atoms with E-state index in [1.165, 1.54) is 0 Å². The molecule has 0 aliphatic rings. The van der Waals surface area contributed by atoms with Crippen LogP contribution in [0.2, 0.25) is 0 Å². The Kier molecular flexibility index (Phi) is 1.88. The lowest BCUT2D eigenvalue weighted by Crippen LogP contribution is -1.93. The molecule has 0 saturated heterocycles. The highest BCUT2D eigenvalue weighted by molar-refractivity contribution is 5.71. The number of nitrogens with one attached hydrogen (secondary N) is 1. The van der Waals surface area contributed by atoms with Gasteiger partial charge in [0.25, 0.3) is 0 Å². The molecular formula is C9H11N3O. The van der Waals surface area contributed by atoms with Crippen molar-refractivity contribution in [2.45, 2.75) is 13.8 Å². The molecule has 2 rings (SSSR count). The van der Waals surface area contributed by atoms with E-state index in [1.807, 2.05) is 26.0 Å². The summed E-state index contributed by atoms with van der Waals surface area (Å²) in [5.74, 6) is 1.50. The Bertz CT molecular complexity index is 422. The molecule has 68 valence electrons. The summed E-state index contributed by atoms with van der Waals surface area (Å²) in [4.78, 5) is 11.5. The van der Waals surface area contributed by atoms with Gasteiger partial charge in [0.15, 0.2) is 5.65 Å². The standard InChI is InChI=1S/C9H11N3O/c1-3-13-8-5-4-7-9(12-8)11-6(2)10-7/h4-5H,3H2,1-2H3,(H,10,11,12). The maximum atomic E-state index is 5.26. The molecule has 1 N–H and O–H groups in total. The average Bonchev–Trinajstić information content (AvgIpc) is 2.44. The lowest BCUT2D eigenvalue weighted by molar-refractivity contribution is 0.328. The third-order valence-corrected chi connectivity index (χ3v) is 1.73. The van der Waals surface area contributed by atoms with Gasteiger partial charge in [-0.15, -0.1) is 0 Å². The van der Waals surface area contributed by atoms with E-state index < -0.39 is 0 Å². The van der Waals surface area contributed by atoms with Crippen molar-refractivity contribution in [2.75, 3.05) is 6.61 Å². The summed E-state index contributed by atoms with van der Waals surface area (Å²) < 4.78 is 5.26. The Labute approximate surface area is 76.0 Å². The summed E-state index contributed by atoms with van der Waals surface area (Å²) in [5, 5.41) is 0. The van der Waals surface area contributed by atoms with Crippen molar-refractivity contribution in [1.82, 2.24) is 15.0 Å². The van der Waals surface area contributed by atoms with Crippen molar-refractivity contribution in [3.05, 3.63) is 18.0 Å². The number of imidazole rings is 1. The van der Waals surface area contributed by atoms with E-state index in [9.17, 15) is 0 Å². The van der Waals surface area contributed by atoms with Crippen LogP contribution < -0.4 is 4.74 Å². The quantitative estimate of drug-likeness (QED) is 0.759. The molecule has 0 fully saturated rings. The molecule has 0 unspecified atom stereocenters. The number of nitrogens with zero attached hydrogens (tertiary/aromatic N) is 2. The van der Waals surface area contributed by atoms with Crippen LogP contribution in [-0.4, -0.2) is 21.6 Å². The van der Waals surface area contributed by atoms with Crippen molar-refractivity contribution < 1.29 is 4.74 Å². The van der Waals surface area contributed by atoms with Gasteiger partial charge in [0.2, 0.25) is 5.88 Å². The van der Waals surface area contributed by atoms with Gasteiger partial charge in [0, 0.05) is 6.07 Å². The van der Waals surface area contributed by atoms with Crippen LogP contribution >= 0.6 is 0 Å². The molecule has 0 bridgehead atoms. The minimum atomic E-state index is 0.626. The Morgan fingerprint density at radius 3 is 3.00 bits per heavy atom. The molecule has 0 saturated carbocycles.